The summed E-state index contributed by atoms with van der Waals surface area (Å²) >= 11 is 5.83. The van der Waals surface area contributed by atoms with Gasteiger partial charge in [0.05, 0.1) is 5.56 Å². The normalized spacial score (nSPS) is 16.0. The minimum absolute atomic E-state index is 0.132. The van der Waals surface area contributed by atoms with Gasteiger partial charge in [-0.05, 0) is 6.92 Å². The highest BCUT2D eigenvalue weighted by molar-refractivity contribution is 6.30. The van der Waals surface area contributed by atoms with Crippen molar-refractivity contribution >= 4 is 11.6 Å². The molecule has 1 heterocycles. The lowest BCUT2D eigenvalue weighted by atomic mass is 9.96. The largest absolute Gasteiger partial charge is 0.435 e. The van der Waals surface area contributed by atoms with Crippen molar-refractivity contribution in [2.24, 2.45) is 12.8 Å². The number of rotatable bonds is 3. The smallest absolute Gasteiger partial charge is 0.372 e. The quantitative estimate of drug-likeness (QED) is 0.914. The van der Waals surface area contributed by atoms with Crippen LogP contribution in [0.15, 0.2) is 0 Å². The van der Waals surface area contributed by atoms with Crippen molar-refractivity contribution in [2.75, 3.05) is 13.7 Å². The Balaban J connectivity index is 3.51. The van der Waals surface area contributed by atoms with Gasteiger partial charge in [0.15, 0.2) is 5.69 Å². The van der Waals surface area contributed by atoms with Crippen LogP contribution in [-0.4, -0.2) is 23.4 Å². The van der Waals surface area contributed by atoms with Crippen molar-refractivity contribution < 1.29 is 17.9 Å². The molecule has 17 heavy (non-hydrogen) atoms. The highest BCUT2D eigenvalue weighted by atomic mass is 35.5. The molecular formula is C9H13ClF3N3O. The van der Waals surface area contributed by atoms with E-state index < -0.39 is 17.5 Å². The van der Waals surface area contributed by atoms with Crippen LogP contribution in [0.2, 0.25) is 5.15 Å². The molecule has 0 aliphatic carbocycles. The SMILES string of the molecule is COC(C)(CN)c1c(C(F)(F)F)nn(C)c1Cl. The summed E-state index contributed by atoms with van der Waals surface area (Å²) in [7, 11) is 2.60. The molecule has 0 aromatic carbocycles. The van der Waals surface area contributed by atoms with E-state index in [-0.39, 0.29) is 17.3 Å². The van der Waals surface area contributed by atoms with E-state index in [0.29, 0.717) is 0 Å². The fourth-order valence-electron chi connectivity index (χ4n) is 1.46. The number of hydrogen-bond donors (Lipinski definition) is 1. The molecule has 1 aromatic heterocycles. The number of aryl methyl sites for hydroxylation is 1. The average molecular weight is 272 g/mol. The van der Waals surface area contributed by atoms with Crippen LogP contribution in [0.3, 0.4) is 0 Å². The van der Waals surface area contributed by atoms with Gasteiger partial charge in [0, 0.05) is 20.7 Å². The third-order valence-corrected chi connectivity index (χ3v) is 3.05. The van der Waals surface area contributed by atoms with Gasteiger partial charge in [0.1, 0.15) is 10.8 Å². The monoisotopic (exact) mass is 271 g/mol. The number of alkyl halides is 3. The fourth-order valence-corrected chi connectivity index (χ4v) is 1.79. The van der Waals surface area contributed by atoms with Crippen LogP contribution in [0.1, 0.15) is 18.2 Å². The molecule has 1 atom stereocenters. The first-order valence-corrected chi connectivity index (χ1v) is 5.10. The van der Waals surface area contributed by atoms with E-state index in [2.05, 4.69) is 5.10 Å². The summed E-state index contributed by atoms with van der Waals surface area (Å²) < 4.78 is 44.4. The summed E-state index contributed by atoms with van der Waals surface area (Å²) in [6, 6.07) is 0. The molecule has 0 spiro atoms. The lowest BCUT2D eigenvalue weighted by molar-refractivity contribution is -0.144. The van der Waals surface area contributed by atoms with Gasteiger partial charge in [0.2, 0.25) is 0 Å². The van der Waals surface area contributed by atoms with Crippen LogP contribution < -0.4 is 5.73 Å². The van der Waals surface area contributed by atoms with Gasteiger partial charge in [-0.25, -0.2) is 0 Å². The van der Waals surface area contributed by atoms with E-state index in [1.165, 1.54) is 21.1 Å². The molecule has 0 radical (unpaired) electrons. The molecule has 0 amide bonds. The Morgan fingerprint density at radius 1 is 1.47 bits per heavy atom. The number of ether oxygens (including phenoxy) is 1. The summed E-state index contributed by atoms with van der Waals surface area (Å²) in [6.45, 7) is 1.29. The zero-order valence-electron chi connectivity index (χ0n) is 9.60. The Hall–Kier alpha value is -0.790. The lowest BCUT2D eigenvalue weighted by Gasteiger charge is -2.27. The molecule has 0 aliphatic rings. The van der Waals surface area contributed by atoms with E-state index in [9.17, 15) is 13.2 Å². The maximum atomic E-state index is 12.8. The first kappa shape index (κ1) is 14.3. The van der Waals surface area contributed by atoms with Gasteiger partial charge >= 0.3 is 6.18 Å². The average Bonchev–Trinajstić information content (AvgIpc) is 2.55. The summed E-state index contributed by atoms with van der Waals surface area (Å²) in [4.78, 5) is 0. The molecule has 0 bridgehead atoms. The molecule has 2 N–H and O–H groups in total. The third kappa shape index (κ3) is 2.41. The zero-order valence-corrected chi connectivity index (χ0v) is 10.4. The molecule has 0 aliphatic heterocycles. The summed E-state index contributed by atoms with van der Waals surface area (Å²) in [5.74, 6) is 0. The first-order chi connectivity index (χ1) is 7.67. The predicted octanol–water partition coefficient (Wildman–Crippen LogP) is 1.91. The Labute approximate surface area is 101 Å². The van der Waals surface area contributed by atoms with Gasteiger partial charge < -0.3 is 10.5 Å². The number of methoxy groups -OCH3 is 1. The molecule has 0 fully saturated rings. The molecule has 1 unspecified atom stereocenters. The molecule has 8 heteroatoms. The van der Waals surface area contributed by atoms with E-state index in [1.54, 1.807) is 0 Å². The maximum absolute atomic E-state index is 12.8. The molecule has 1 aromatic rings. The molecule has 98 valence electrons. The highest BCUT2D eigenvalue weighted by Gasteiger charge is 2.44. The predicted molar refractivity (Wildman–Crippen MR) is 56.6 cm³/mol. The number of nitrogens with two attached hydrogens (primary N) is 1. The Kier molecular flexibility index (Phi) is 3.75. The minimum atomic E-state index is -4.60. The Morgan fingerprint density at radius 3 is 2.35 bits per heavy atom. The summed E-state index contributed by atoms with van der Waals surface area (Å²) in [6.07, 6.45) is -4.60. The van der Waals surface area contributed by atoms with Crippen LogP contribution in [-0.2, 0) is 23.6 Å². The topological polar surface area (TPSA) is 53.1 Å². The van der Waals surface area contributed by atoms with Gasteiger partial charge in [0.25, 0.3) is 0 Å². The van der Waals surface area contributed by atoms with Gasteiger partial charge in [-0.1, -0.05) is 11.6 Å². The lowest BCUT2D eigenvalue weighted by Crippen LogP contribution is -2.35. The molecule has 0 saturated carbocycles. The van der Waals surface area contributed by atoms with Gasteiger partial charge in [-0.15, -0.1) is 0 Å². The van der Waals surface area contributed by atoms with Crippen LogP contribution >= 0.6 is 11.6 Å². The van der Waals surface area contributed by atoms with Crippen molar-refractivity contribution in [2.45, 2.75) is 18.7 Å². The standard InChI is InChI=1S/C9H13ClF3N3O/c1-8(4-14,17-3)5-6(9(11,12)13)15-16(2)7(5)10/h4,14H2,1-3H3. The third-order valence-electron chi connectivity index (χ3n) is 2.61. The van der Waals surface area contributed by atoms with Crippen molar-refractivity contribution in [1.82, 2.24) is 9.78 Å². The van der Waals surface area contributed by atoms with E-state index in [1.807, 2.05) is 0 Å². The zero-order chi connectivity index (χ0) is 13.4. The van der Waals surface area contributed by atoms with E-state index >= 15 is 0 Å². The fraction of sp³-hybridized carbons (Fsp3) is 0.667. The molecule has 1 rings (SSSR count). The van der Waals surface area contributed by atoms with Crippen molar-refractivity contribution in [3.05, 3.63) is 16.4 Å². The second-order valence-electron chi connectivity index (χ2n) is 3.77. The second-order valence-corrected chi connectivity index (χ2v) is 4.13. The molecular weight excluding hydrogens is 259 g/mol. The Morgan fingerprint density at radius 2 is 2.00 bits per heavy atom. The summed E-state index contributed by atoms with van der Waals surface area (Å²) in [5.41, 5.74) is 2.82. The molecule has 0 saturated heterocycles. The van der Waals surface area contributed by atoms with Crippen molar-refractivity contribution in [3.63, 3.8) is 0 Å². The van der Waals surface area contributed by atoms with E-state index in [4.69, 9.17) is 22.1 Å². The summed E-state index contributed by atoms with van der Waals surface area (Å²) in [5, 5.41) is 3.24. The van der Waals surface area contributed by atoms with Crippen molar-refractivity contribution in [1.29, 1.82) is 0 Å². The Bertz CT molecular complexity index is 412. The van der Waals surface area contributed by atoms with Gasteiger partial charge in [-0.2, -0.15) is 18.3 Å². The molecule has 4 nitrogen and oxygen atoms in total. The second kappa shape index (κ2) is 4.47. The van der Waals surface area contributed by atoms with Crippen LogP contribution in [0.25, 0.3) is 0 Å². The van der Waals surface area contributed by atoms with E-state index in [0.717, 1.165) is 4.68 Å². The van der Waals surface area contributed by atoms with Crippen LogP contribution in [0.4, 0.5) is 13.2 Å². The maximum Gasteiger partial charge on any atom is 0.435 e. The minimum Gasteiger partial charge on any atom is -0.372 e. The number of hydrogen-bond acceptors (Lipinski definition) is 3. The number of aromatic nitrogens is 2. The number of nitrogens with zero attached hydrogens (tertiary/aromatic N) is 2. The van der Waals surface area contributed by atoms with Crippen molar-refractivity contribution in [3.8, 4) is 0 Å². The highest BCUT2D eigenvalue weighted by Crippen LogP contribution is 2.40. The van der Waals surface area contributed by atoms with Crippen LogP contribution in [0, 0.1) is 0 Å². The van der Waals surface area contributed by atoms with Gasteiger partial charge in [-0.3, -0.25) is 4.68 Å². The number of halogens is 4. The first-order valence-electron chi connectivity index (χ1n) is 4.72. The van der Waals surface area contributed by atoms with Crippen LogP contribution in [0.5, 0.6) is 0 Å².